The van der Waals surface area contributed by atoms with Crippen molar-refractivity contribution in [1.29, 1.82) is 5.26 Å². The number of fused-ring (bicyclic) bond motifs is 1. The summed E-state index contributed by atoms with van der Waals surface area (Å²) < 4.78 is 3.52. The zero-order valence-electron chi connectivity index (χ0n) is 15.4. The maximum absolute atomic E-state index is 12.7. The first-order valence-corrected chi connectivity index (χ1v) is 8.42. The van der Waals surface area contributed by atoms with E-state index < -0.39 is 0 Å². The number of nitrogens with zero attached hydrogens (tertiary/aromatic N) is 3. The summed E-state index contributed by atoms with van der Waals surface area (Å²) >= 11 is 0. The number of aromatic nitrogens is 2. The van der Waals surface area contributed by atoms with Gasteiger partial charge in [0.2, 0.25) is 0 Å². The minimum Gasteiger partial charge on any atom is -0.295 e. The minimum atomic E-state index is -0.00757. The summed E-state index contributed by atoms with van der Waals surface area (Å²) in [7, 11) is 1.80. The second-order valence-electron chi connectivity index (χ2n) is 7.80. The van der Waals surface area contributed by atoms with E-state index in [1.807, 2.05) is 47.9 Å². The Labute approximate surface area is 147 Å². The molecule has 0 amide bonds. The lowest BCUT2D eigenvalue weighted by molar-refractivity contribution is 0.342. The van der Waals surface area contributed by atoms with Crippen molar-refractivity contribution in [3.8, 4) is 17.2 Å². The lowest BCUT2D eigenvalue weighted by atomic mass is 9.96. The van der Waals surface area contributed by atoms with Crippen molar-refractivity contribution in [3.05, 3.63) is 58.0 Å². The van der Waals surface area contributed by atoms with Gasteiger partial charge in [-0.25, -0.2) is 4.79 Å². The van der Waals surface area contributed by atoms with Crippen LogP contribution in [0.3, 0.4) is 0 Å². The second-order valence-corrected chi connectivity index (χ2v) is 7.80. The smallest absolute Gasteiger partial charge is 0.295 e. The van der Waals surface area contributed by atoms with Gasteiger partial charge in [0.15, 0.2) is 0 Å². The summed E-state index contributed by atoms with van der Waals surface area (Å²) in [5.41, 5.74) is 5.32. The van der Waals surface area contributed by atoms with Gasteiger partial charge in [0, 0.05) is 13.6 Å². The summed E-state index contributed by atoms with van der Waals surface area (Å²) in [5, 5.41) is 9.49. The Morgan fingerprint density at radius 2 is 1.84 bits per heavy atom. The number of aryl methyl sites for hydroxylation is 2. The second kappa shape index (κ2) is 5.93. The molecule has 4 nitrogen and oxygen atoms in total. The lowest BCUT2D eigenvalue weighted by Crippen LogP contribution is -2.27. The molecular weight excluding hydrogens is 310 g/mol. The molecule has 0 radical (unpaired) electrons. The first-order chi connectivity index (χ1) is 11.7. The van der Waals surface area contributed by atoms with Crippen LogP contribution in [0.1, 0.15) is 31.9 Å². The van der Waals surface area contributed by atoms with Crippen LogP contribution in [0.2, 0.25) is 0 Å². The van der Waals surface area contributed by atoms with Gasteiger partial charge in [0.25, 0.3) is 0 Å². The van der Waals surface area contributed by atoms with Gasteiger partial charge in [-0.1, -0.05) is 45.0 Å². The largest absolute Gasteiger partial charge is 0.328 e. The third-order valence-corrected chi connectivity index (χ3v) is 4.47. The monoisotopic (exact) mass is 333 g/mol. The molecule has 0 saturated heterocycles. The van der Waals surface area contributed by atoms with E-state index in [1.165, 1.54) is 0 Å². The number of rotatable bonds is 2. The highest BCUT2D eigenvalue weighted by atomic mass is 16.1. The summed E-state index contributed by atoms with van der Waals surface area (Å²) in [6, 6.07) is 14.1. The molecular formula is C21H23N3O. The van der Waals surface area contributed by atoms with Crippen LogP contribution in [0.4, 0.5) is 0 Å². The van der Waals surface area contributed by atoms with E-state index in [0.29, 0.717) is 12.1 Å². The fourth-order valence-corrected chi connectivity index (χ4v) is 3.26. The van der Waals surface area contributed by atoms with Gasteiger partial charge in [-0.05, 0) is 41.2 Å². The van der Waals surface area contributed by atoms with E-state index >= 15 is 0 Å². The van der Waals surface area contributed by atoms with Gasteiger partial charge in [-0.15, -0.1) is 0 Å². The first kappa shape index (κ1) is 17.0. The van der Waals surface area contributed by atoms with E-state index in [-0.39, 0.29) is 11.1 Å². The van der Waals surface area contributed by atoms with Crippen LogP contribution in [0, 0.1) is 23.7 Å². The van der Waals surface area contributed by atoms with Crippen molar-refractivity contribution < 1.29 is 0 Å². The molecule has 0 fully saturated rings. The molecule has 0 saturated carbocycles. The maximum atomic E-state index is 12.7. The van der Waals surface area contributed by atoms with E-state index in [1.54, 1.807) is 11.6 Å². The van der Waals surface area contributed by atoms with Crippen LogP contribution < -0.4 is 5.69 Å². The Kier molecular flexibility index (Phi) is 4.04. The van der Waals surface area contributed by atoms with Gasteiger partial charge in [-0.3, -0.25) is 9.13 Å². The highest BCUT2D eigenvalue weighted by molar-refractivity contribution is 5.84. The fraction of sp³-hybridized carbons (Fsp3) is 0.333. The number of hydrogen-bond donors (Lipinski definition) is 0. The summed E-state index contributed by atoms with van der Waals surface area (Å²) in [5.74, 6) is 0. The highest BCUT2D eigenvalue weighted by Crippen LogP contribution is 2.29. The molecule has 1 aromatic heterocycles. The number of benzene rings is 2. The number of hydrogen-bond acceptors (Lipinski definition) is 2. The molecule has 0 unspecified atom stereocenters. The summed E-state index contributed by atoms with van der Waals surface area (Å²) in [4.78, 5) is 12.7. The average molecular weight is 333 g/mol. The molecule has 25 heavy (non-hydrogen) atoms. The zero-order chi connectivity index (χ0) is 18.4. The van der Waals surface area contributed by atoms with Crippen molar-refractivity contribution in [1.82, 2.24) is 9.13 Å². The Balaban J connectivity index is 2.24. The van der Waals surface area contributed by atoms with Crippen LogP contribution in [0.15, 0.2) is 41.2 Å². The molecule has 0 bridgehead atoms. The quantitative estimate of drug-likeness (QED) is 0.704. The molecule has 1 heterocycles. The predicted octanol–water partition coefficient (Wildman–Crippen LogP) is 4.23. The highest BCUT2D eigenvalue weighted by Gasteiger charge is 2.18. The summed E-state index contributed by atoms with van der Waals surface area (Å²) in [6.45, 7) is 8.97. The van der Waals surface area contributed by atoms with Crippen molar-refractivity contribution in [2.75, 3.05) is 0 Å². The van der Waals surface area contributed by atoms with E-state index in [9.17, 15) is 10.1 Å². The van der Waals surface area contributed by atoms with Crippen LogP contribution in [-0.4, -0.2) is 9.13 Å². The maximum Gasteiger partial charge on any atom is 0.328 e. The molecule has 2 aromatic carbocycles. The van der Waals surface area contributed by atoms with Gasteiger partial charge in [0.1, 0.15) is 6.07 Å². The molecule has 3 aromatic rings. The third-order valence-electron chi connectivity index (χ3n) is 4.47. The molecule has 4 heteroatoms. The molecule has 0 spiro atoms. The molecule has 0 atom stereocenters. The van der Waals surface area contributed by atoms with Crippen LogP contribution in [0.5, 0.6) is 0 Å². The average Bonchev–Trinajstić information content (AvgIpc) is 2.78. The molecule has 3 rings (SSSR count). The zero-order valence-corrected chi connectivity index (χ0v) is 15.4. The lowest BCUT2D eigenvalue weighted by Gasteiger charge is -2.18. The SMILES string of the molecule is Cc1cccc(-c2ccc3c(c2)n(C)c(=O)n3CC(C)(C)C)c1C#N. The molecule has 0 aliphatic carbocycles. The van der Waals surface area contributed by atoms with E-state index in [2.05, 4.69) is 26.8 Å². The Morgan fingerprint density at radius 3 is 2.48 bits per heavy atom. The summed E-state index contributed by atoms with van der Waals surface area (Å²) in [6.07, 6.45) is 0. The molecule has 128 valence electrons. The van der Waals surface area contributed by atoms with Crippen molar-refractivity contribution in [2.45, 2.75) is 34.2 Å². The van der Waals surface area contributed by atoms with Crippen molar-refractivity contribution in [2.24, 2.45) is 12.5 Å². The van der Waals surface area contributed by atoms with Gasteiger partial charge in [-0.2, -0.15) is 5.26 Å². The van der Waals surface area contributed by atoms with Crippen LogP contribution >= 0.6 is 0 Å². The van der Waals surface area contributed by atoms with E-state index in [4.69, 9.17) is 0 Å². The number of imidazole rings is 1. The normalized spacial score (nSPS) is 11.7. The first-order valence-electron chi connectivity index (χ1n) is 8.42. The molecule has 0 aliphatic heterocycles. The standard InChI is InChI=1S/C21H23N3O/c1-14-7-6-8-16(17(14)12-22)15-9-10-18-19(11-15)23(5)20(25)24(18)13-21(2,3)4/h6-11H,13H2,1-5H3. The minimum absolute atomic E-state index is 0.00757. The van der Waals surface area contributed by atoms with Gasteiger partial charge in [0.05, 0.1) is 16.6 Å². The molecule has 0 aliphatic rings. The predicted molar refractivity (Wildman–Crippen MR) is 102 cm³/mol. The number of nitriles is 1. The van der Waals surface area contributed by atoms with Crippen molar-refractivity contribution in [3.63, 3.8) is 0 Å². The Morgan fingerprint density at radius 1 is 1.12 bits per heavy atom. The van der Waals surface area contributed by atoms with Gasteiger partial charge < -0.3 is 0 Å². The Bertz CT molecular complexity index is 1060. The van der Waals surface area contributed by atoms with Gasteiger partial charge >= 0.3 is 5.69 Å². The van der Waals surface area contributed by atoms with E-state index in [0.717, 1.165) is 27.7 Å². The van der Waals surface area contributed by atoms with Crippen LogP contribution in [0.25, 0.3) is 22.2 Å². The van der Waals surface area contributed by atoms with Crippen molar-refractivity contribution >= 4 is 11.0 Å². The topological polar surface area (TPSA) is 50.7 Å². The Hall–Kier alpha value is -2.80. The van der Waals surface area contributed by atoms with Crippen LogP contribution in [-0.2, 0) is 13.6 Å². The molecule has 0 N–H and O–H groups in total. The third kappa shape index (κ3) is 2.98. The fourth-order valence-electron chi connectivity index (χ4n) is 3.26.